The lowest BCUT2D eigenvalue weighted by Gasteiger charge is -2.56. The molecule has 5 rings (SSSR count). The predicted molar refractivity (Wildman–Crippen MR) is 72.5 cm³/mol. The molecular weight excluding hydrogens is 258 g/mol. The van der Waals surface area contributed by atoms with Crippen molar-refractivity contribution in [3.63, 3.8) is 0 Å². The van der Waals surface area contributed by atoms with Gasteiger partial charge in [0.25, 0.3) is 0 Å². The number of hydrogen-bond acceptors (Lipinski definition) is 1. The Balaban J connectivity index is 1.50. The van der Waals surface area contributed by atoms with Crippen LogP contribution in [0.15, 0.2) is 18.2 Å². The quantitative estimate of drug-likeness (QED) is 0.787. The summed E-state index contributed by atoms with van der Waals surface area (Å²) in [5, 5.41) is 0. The van der Waals surface area contributed by atoms with E-state index < -0.39 is 11.6 Å². The van der Waals surface area contributed by atoms with Crippen molar-refractivity contribution < 1.29 is 13.5 Å². The molecule has 3 heteroatoms. The van der Waals surface area contributed by atoms with Gasteiger partial charge in [-0.3, -0.25) is 0 Å². The second-order valence-electron chi connectivity index (χ2n) is 7.26. The molecule has 4 aliphatic carbocycles. The first-order chi connectivity index (χ1) is 9.63. The third kappa shape index (κ3) is 2.02. The molecule has 0 spiro atoms. The van der Waals surface area contributed by atoms with Crippen molar-refractivity contribution in [3.8, 4) is 5.75 Å². The van der Waals surface area contributed by atoms with E-state index in [2.05, 4.69) is 0 Å². The van der Waals surface area contributed by atoms with Gasteiger partial charge in [0.15, 0.2) is 11.6 Å². The first-order valence-corrected chi connectivity index (χ1v) is 7.70. The first kappa shape index (κ1) is 12.6. The van der Waals surface area contributed by atoms with Gasteiger partial charge in [0, 0.05) is 5.41 Å². The smallest absolute Gasteiger partial charge is 0.200 e. The molecule has 4 bridgehead atoms. The van der Waals surface area contributed by atoms with E-state index in [-0.39, 0.29) is 11.2 Å². The van der Waals surface area contributed by atoms with Crippen LogP contribution in [0.4, 0.5) is 8.78 Å². The Morgan fingerprint density at radius 1 is 1.00 bits per heavy atom. The van der Waals surface area contributed by atoms with Crippen LogP contribution in [0.5, 0.6) is 5.75 Å². The number of hydrogen-bond donors (Lipinski definition) is 0. The lowest BCUT2D eigenvalue weighted by molar-refractivity contribution is -0.0750. The molecule has 20 heavy (non-hydrogen) atoms. The zero-order chi connectivity index (χ0) is 13.7. The van der Waals surface area contributed by atoms with E-state index in [0.717, 1.165) is 23.8 Å². The van der Waals surface area contributed by atoms with Crippen LogP contribution < -0.4 is 4.74 Å². The Kier molecular flexibility index (Phi) is 2.80. The molecule has 0 radical (unpaired) electrons. The average Bonchev–Trinajstić information content (AvgIpc) is 2.39. The highest BCUT2D eigenvalue weighted by Gasteiger charge is 2.51. The number of ether oxygens (including phenoxy) is 1. The minimum atomic E-state index is -0.850. The molecule has 0 atom stereocenters. The topological polar surface area (TPSA) is 9.23 Å². The van der Waals surface area contributed by atoms with Crippen LogP contribution in [0.2, 0.25) is 0 Å². The molecular formula is C17H20F2O. The Morgan fingerprint density at radius 2 is 1.60 bits per heavy atom. The third-order valence-corrected chi connectivity index (χ3v) is 5.62. The molecule has 0 N–H and O–H groups in total. The van der Waals surface area contributed by atoms with E-state index in [1.165, 1.54) is 50.7 Å². The summed E-state index contributed by atoms with van der Waals surface area (Å²) >= 11 is 0. The van der Waals surface area contributed by atoms with E-state index in [4.69, 9.17) is 4.74 Å². The van der Waals surface area contributed by atoms with Crippen molar-refractivity contribution >= 4 is 0 Å². The zero-order valence-corrected chi connectivity index (χ0v) is 11.6. The SMILES string of the molecule is Fc1cccc(OCC23CC4CC(CC(C4)C2)C3)c1F. The second kappa shape index (κ2) is 4.44. The highest BCUT2D eigenvalue weighted by Crippen LogP contribution is 2.60. The number of rotatable bonds is 3. The van der Waals surface area contributed by atoms with Crippen LogP contribution in [0.25, 0.3) is 0 Å². The van der Waals surface area contributed by atoms with Crippen molar-refractivity contribution in [1.29, 1.82) is 0 Å². The Bertz CT molecular complexity index is 490. The first-order valence-electron chi connectivity index (χ1n) is 7.70. The summed E-state index contributed by atoms with van der Waals surface area (Å²) in [6.07, 6.45) is 7.80. The van der Waals surface area contributed by atoms with Crippen molar-refractivity contribution in [2.24, 2.45) is 23.2 Å². The summed E-state index contributed by atoms with van der Waals surface area (Å²) in [7, 11) is 0. The van der Waals surface area contributed by atoms with Crippen LogP contribution in [0, 0.1) is 34.8 Å². The van der Waals surface area contributed by atoms with E-state index in [0.29, 0.717) is 6.61 Å². The fourth-order valence-corrected chi connectivity index (χ4v) is 5.29. The van der Waals surface area contributed by atoms with Gasteiger partial charge in [0.1, 0.15) is 0 Å². The van der Waals surface area contributed by atoms with Gasteiger partial charge in [-0.1, -0.05) is 6.07 Å². The summed E-state index contributed by atoms with van der Waals surface area (Å²) < 4.78 is 32.6. The van der Waals surface area contributed by atoms with Gasteiger partial charge < -0.3 is 4.74 Å². The molecule has 0 unspecified atom stereocenters. The van der Waals surface area contributed by atoms with Crippen molar-refractivity contribution in [2.75, 3.05) is 6.61 Å². The van der Waals surface area contributed by atoms with Crippen LogP contribution in [-0.4, -0.2) is 6.61 Å². The van der Waals surface area contributed by atoms with E-state index >= 15 is 0 Å². The van der Waals surface area contributed by atoms with Gasteiger partial charge in [0.05, 0.1) is 6.61 Å². The highest BCUT2D eigenvalue weighted by molar-refractivity contribution is 5.25. The summed E-state index contributed by atoms with van der Waals surface area (Å²) in [5.41, 5.74) is 0.230. The fraction of sp³-hybridized carbons (Fsp3) is 0.647. The average molecular weight is 278 g/mol. The monoisotopic (exact) mass is 278 g/mol. The summed E-state index contributed by atoms with van der Waals surface area (Å²) in [5.74, 6) is 0.942. The molecule has 1 aromatic carbocycles. The lowest BCUT2D eigenvalue weighted by Crippen LogP contribution is -2.48. The van der Waals surface area contributed by atoms with Gasteiger partial charge in [0.2, 0.25) is 5.82 Å². The minimum absolute atomic E-state index is 0.0701. The fourth-order valence-electron chi connectivity index (χ4n) is 5.29. The van der Waals surface area contributed by atoms with Gasteiger partial charge >= 0.3 is 0 Å². The van der Waals surface area contributed by atoms with Gasteiger partial charge in [-0.25, -0.2) is 4.39 Å². The molecule has 0 amide bonds. The van der Waals surface area contributed by atoms with Crippen molar-refractivity contribution in [3.05, 3.63) is 29.8 Å². The number of benzene rings is 1. The molecule has 4 fully saturated rings. The molecule has 0 saturated heterocycles. The van der Waals surface area contributed by atoms with Crippen LogP contribution in [-0.2, 0) is 0 Å². The summed E-state index contributed by atoms with van der Waals surface area (Å²) in [6.45, 7) is 0.552. The maximum Gasteiger partial charge on any atom is 0.200 e. The van der Waals surface area contributed by atoms with Crippen molar-refractivity contribution in [1.82, 2.24) is 0 Å². The minimum Gasteiger partial charge on any atom is -0.490 e. The molecule has 4 saturated carbocycles. The maximum absolute atomic E-state index is 13.7. The maximum atomic E-state index is 13.7. The molecule has 1 nitrogen and oxygen atoms in total. The zero-order valence-electron chi connectivity index (χ0n) is 11.6. The normalized spacial score (nSPS) is 38.2. The van der Waals surface area contributed by atoms with E-state index in [9.17, 15) is 8.78 Å². The largest absolute Gasteiger partial charge is 0.490 e. The molecule has 0 aliphatic heterocycles. The van der Waals surface area contributed by atoms with Crippen molar-refractivity contribution in [2.45, 2.75) is 38.5 Å². The molecule has 108 valence electrons. The molecule has 0 aromatic heterocycles. The predicted octanol–water partition coefficient (Wildman–Crippen LogP) is 4.56. The molecule has 0 heterocycles. The van der Waals surface area contributed by atoms with Gasteiger partial charge in [-0.2, -0.15) is 4.39 Å². The lowest BCUT2D eigenvalue weighted by atomic mass is 9.50. The molecule has 4 aliphatic rings. The Hall–Kier alpha value is -1.12. The Morgan fingerprint density at radius 3 is 2.20 bits per heavy atom. The summed E-state index contributed by atoms with van der Waals surface area (Å²) in [6, 6.07) is 4.17. The summed E-state index contributed by atoms with van der Waals surface area (Å²) in [4.78, 5) is 0. The molecule has 1 aromatic rings. The van der Waals surface area contributed by atoms with Gasteiger partial charge in [-0.15, -0.1) is 0 Å². The van der Waals surface area contributed by atoms with Gasteiger partial charge in [-0.05, 0) is 68.4 Å². The highest BCUT2D eigenvalue weighted by atomic mass is 19.2. The number of halogens is 2. The standard InChI is InChI=1S/C17H20F2O/c18-14-2-1-3-15(16(14)19)20-10-17-7-11-4-12(8-17)6-13(5-11)9-17/h1-3,11-13H,4-10H2. The van der Waals surface area contributed by atoms with E-state index in [1.807, 2.05) is 0 Å². The third-order valence-electron chi connectivity index (χ3n) is 5.62. The van der Waals surface area contributed by atoms with E-state index in [1.54, 1.807) is 0 Å². The Labute approximate surface area is 118 Å². The second-order valence-corrected chi connectivity index (χ2v) is 7.26. The van der Waals surface area contributed by atoms with Crippen LogP contribution in [0.1, 0.15) is 38.5 Å². The van der Waals surface area contributed by atoms with Crippen LogP contribution in [0.3, 0.4) is 0 Å². The van der Waals surface area contributed by atoms with Crippen LogP contribution >= 0.6 is 0 Å².